The molecular weight excluding hydrogens is 334 g/mol. The van der Waals surface area contributed by atoms with Crippen LogP contribution < -0.4 is 5.56 Å². The second kappa shape index (κ2) is 8.24. The van der Waals surface area contributed by atoms with E-state index in [9.17, 15) is 9.59 Å². The molecule has 3 aromatic rings. The molecule has 0 aliphatic carbocycles. The van der Waals surface area contributed by atoms with Crippen molar-refractivity contribution >= 4 is 5.97 Å². The number of unbranched alkanes of at least 4 members (excludes halogenated alkanes) is 1. The second-order valence-electron chi connectivity index (χ2n) is 5.69. The predicted octanol–water partition coefficient (Wildman–Crippen LogP) is 3.06. The van der Waals surface area contributed by atoms with Crippen LogP contribution >= 0.6 is 0 Å². The molecule has 7 heteroatoms. The smallest absolute Gasteiger partial charge is 0.359 e. The van der Waals surface area contributed by atoms with Crippen molar-refractivity contribution in [3.63, 3.8) is 0 Å². The summed E-state index contributed by atoms with van der Waals surface area (Å²) in [6, 6.07) is 12.2. The monoisotopic (exact) mass is 353 g/mol. The second-order valence-corrected chi connectivity index (χ2v) is 5.69. The Kier molecular flexibility index (Phi) is 5.58. The maximum Gasteiger partial charge on any atom is 0.359 e. The lowest BCUT2D eigenvalue weighted by atomic mass is 10.2. The number of rotatable bonds is 7. The molecular formula is C19H19N3O4. The Bertz CT molecular complexity index is 931. The minimum absolute atomic E-state index is 0.0792. The summed E-state index contributed by atoms with van der Waals surface area (Å²) in [4.78, 5) is 28.0. The lowest BCUT2D eigenvalue weighted by Crippen LogP contribution is -2.25. The van der Waals surface area contributed by atoms with Crippen LogP contribution in [0.1, 0.15) is 36.1 Å². The average Bonchev–Trinajstić information content (AvgIpc) is 3.15. The Labute approximate surface area is 150 Å². The maximum atomic E-state index is 12.2. The van der Waals surface area contributed by atoms with Crippen LogP contribution in [0.2, 0.25) is 0 Å². The van der Waals surface area contributed by atoms with E-state index >= 15 is 0 Å². The molecule has 0 radical (unpaired) electrons. The van der Waals surface area contributed by atoms with Crippen LogP contribution in [0, 0.1) is 0 Å². The van der Waals surface area contributed by atoms with Crippen LogP contribution in [-0.4, -0.2) is 20.7 Å². The first kappa shape index (κ1) is 17.6. The van der Waals surface area contributed by atoms with Gasteiger partial charge in [0.1, 0.15) is 0 Å². The molecule has 26 heavy (non-hydrogen) atoms. The van der Waals surface area contributed by atoms with Gasteiger partial charge in [-0.3, -0.25) is 4.79 Å². The van der Waals surface area contributed by atoms with Crippen molar-refractivity contribution in [2.75, 3.05) is 0 Å². The fraction of sp³-hybridized carbons (Fsp3) is 0.263. The summed E-state index contributed by atoms with van der Waals surface area (Å²) < 4.78 is 12.1. The molecule has 0 bridgehead atoms. The van der Waals surface area contributed by atoms with Gasteiger partial charge in [-0.05, 0) is 12.5 Å². The predicted molar refractivity (Wildman–Crippen MR) is 94.5 cm³/mol. The first-order valence-corrected chi connectivity index (χ1v) is 8.43. The van der Waals surface area contributed by atoms with Gasteiger partial charge in [-0.1, -0.05) is 43.7 Å². The number of ether oxygens (including phenoxy) is 1. The van der Waals surface area contributed by atoms with Crippen molar-refractivity contribution in [1.82, 2.24) is 14.8 Å². The molecule has 0 N–H and O–H groups in total. The van der Waals surface area contributed by atoms with Crippen LogP contribution in [0.3, 0.4) is 0 Å². The summed E-state index contributed by atoms with van der Waals surface area (Å²) in [5, 5.41) is 4.05. The molecule has 0 fully saturated rings. The highest BCUT2D eigenvalue weighted by atomic mass is 16.5. The van der Waals surface area contributed by atoms with Gasteiger partial charge in [-0.15, -0.1) is 0 Å². The molecule has 0 aliphatic heterocycles. The van der Waals surface area contributed by atoms with E-state index in [2.05, 4.69) is 10.1 Å². The van der Waals surface area contributed by atoms with Gasteiger partial charge in [0.05, 0.1) is 6.20 Å². The van der Waals surface area contributed by atoms with Crippen LogP contribution in [0.5, 0.6) is 0 Å². The van der Waals surface area contributed by atoms with Crippen LogP contribution in [0.25, 0.3) is 11.3 Å². The molecule has 0 spiro atoms. The van der Waals surface area contributed by atoms with E-state index < -0.39 is 5.97 Å². The average molecular weight is 353 g/mol. The molecule has 3 rings (SSSR count). The third-order valence-electron chi connectivity index (χ3n) is 3.74. The van der Waals surface area contributed by atoms with Gasteiger partial charge in [0, 0.05) is 18.2 Å². The minimum Gasteiger partial charge on any atom is -0.451 e. The van der Waals surface area contributed by atoms with E-state index in [-0.39, 0.29) is 23.8 Å². The molecule has 0 atom stereocenters. The highest BCUT2D eigenvalue weighted by molar-refractivity contribution is 5.86. The lowest BCUT2D eigenvalue weighted by molar-refractivity contribution is 0.0428. The van der Waals surface area contributed by atoms with Gasteiger partial charge in [0.25, 0.3) is 5.56 Å². The fourth-order valence-electron chi connectivity index (χ4n) is 2.34. The van der Waals surface area contributed by atoms with Crippen molar-refractivity contribution in [2.45, 2.75) is 32.9 Å². The molecule has 0 amide bonds. The Morgan fingerprint density at radius 2 is 2.00 bits per heavy atom. The standard InChI is InChI=1S/C19H19N3O4/c1-2-3-11-22-18(23)10-9-15(21-22)19(24)25-13-17-20-12-16(26-17)14-7-5-4-6-8-14/h4-10,12H,2-3,11,13H2,1H3. The quantitative estimate of drug-likeness (QED) is 0.607. The number of aryl methyl sites for hydroxylation is 1. The van der Waals surface area contributed by atoms with Gasteiger partial charge in [0.2, 0.25) is 5.89 Å². The normalized spacial score (nSPS) is 10.7. The van der Waals surface area contributed by atoms with E-state index in [0.717, 1.165) is 18.4 Å². The lowest BCUT2D eigenvalue weighted by Gasteiger charge is -2.06. The Hall–Kier alpha value is -3.22. The van der Waals surface area contributed by atoms with E-state index in [1.165, 1.54) is 16.8 Å². The number of benzene rings is 1. The van der Waals surface area contributed by atoms with Crippen molar-refractivity contribution < 1.29 is 13.9 Å². The van der Waals surface area contributed by atoms with E-state index in [1.54, 1.807) is 6.20 Å². The first-order chi connectivity index (χ1) is 12.7. The molecule has 0 saturated carbocycles. The summed E-state index contributed by atoms with van der Waals surface area (Å²) in [7, 11) is 0. The molecule has 2 aromatic heterocycles. The number of hydrogen-bond acceptors (Lipinski definition) is 6. The van der Waals surface area contributed by atoms with Crippen LogP contribution in [0.4, 0.5) is 0 Å². The zero-order chi connectivity index (χ0) is 18.4. The number of esters is 1. The van der Waals surface area contributed by atoms with Gasteiger partial charge in [-0.25, -0.2) is 14.5 Å². The minimum atomic E-state index is -0.630. The highest BCUT2D eigenvalue weighted by Crippen LogP contribution is 2.20. The third-order valence-corrected chi connectivity index (χ3v) is 3.74. The summed E-state index contributed by atoms with van der Waals surface area (Å²) in [5.74, 6) is 0.258. The van der Waals surface area contributed by atoms with Gasteiger partial charge in [-0.2, -0.15) is 5.10 Å². The van der Waals surface area contributed by atoms with E-state index in [0.29, 0.717) is 12.3 Å². The van der Waals surface area contributed by atoms with Crippen molar-refractivity contribution in [3.8, 4) is 11.3 Å². The zero-order valence-electron chi connectivity index (χ0n) is 14.4. The number of carbonyl (C=O) groups is 1. The van der Waals surface area contributed by atoms with Crippen LogP contribution in [0.15, 0.2) is 57.9 Å². The number of oxazole rings is 1. The molecule has 0 unspecified atom stereocenters. The largest absolute Gasteiger partial charge is 0.451 e. The van der Waals surface area contributed by atoms with Gasteiger partial charge >= 0.3 is 5.97 Å². The Balaban J connectivity index is 1.64. The Morgan fingerprint density at radius 1 is 1.19 bits per heavy atom. The zero-order valence-corrected chi connectivity index (χ0v) is 14.4. The molecule has 7 nitrogen and oxygen atoms in total. The third kappa shape index (κ3) is 4.24. The van der Waals surface area contributed by atoms with E-state index in [4.69, 9.17) is 9.15 Å². The number of hydrogen-bond donors (Lipinski definition) is 0. The van der Waals surface area contributed by atoms with Gasteiger partial charge < -0.3 is 9.15 Å². The first-order valence-electron chi connectivity index (χ1n) is 8.43. The summed E-state index contributed by atoms with van der Waals surface area (Å²) in [6.45, 7) is 2.38. The summed E-state index contributed by atoms with van der Waals surface area (Å²) in [6.07, 6.45) is 3.32. The van der Waals surface area contributed by atoms with Crippen LogP contribution in [-0.2, 0) is 17.9 Å². The fourth-order valence-corrected chi connectivity index (χ4v) is 2.34. The summed E-state index contributed by atoms with van der Waals surface area (Å²) >= 11 is 0. The van der Waals surface area contributed by atoms with Gasteiger partial charge in [0.15, 0.2) is 18.1 Å². The highest BCUT2D eigenvalue weighted by Gasteiger charge is 2.13. The summed E-state index contributed by atoms with van der Waals surface area (Å²) in [5.41, 5.74) is 0.730. The van der Waals surface area contributed by atoms with E-state index in [1.807, 2.05) is 37.3 Å². The van der Waals surface area contributed by atoms with Crippen molar-refractivity contribution in [2.24, 2.45) is 0 Å². The molecule has 2 heterocycles. The van der Waals surface area contributed by atoms with Crippen molar-refractivity contribution in [1.29, 1.82) is 0 Å². The maximum absolute atomic E-state index is 12.2. The molecule has 0 aliphatic rings. The molecule has 1 aromatic carbocycles. The molecule has 134 valence electrons. The number of aromatic nitrogens is 3. The SMILES string of the molecule is CCCCn1nc(C(=O)OCc2ncc(-c3ccccc3)o2)ccc1=O. The topological polar surface area (TPSA) is 87.2 Å². The number of nitrogens with zero attached hydrogens (tertiary/aromatic N) is 3. The number of carbonyl (C=O) groups excluding carboxylic acids is 1. The Morgan fingerprint density at radius 3 is 2.77 bits per heavy atom. The molecule has 0 saturated heterocycles. The van der Waals surface area contributed by atoms with Crippen molar-refractivity contribution in [3.05, 3.63) is 70.6 Å².